The molecule has 0 unspecified atom stereocenters. The molecule has 2 aromatic rings. The Morgan fingerprint density at radius 1 is 1.12 bits per heavy atom. The van der Waals surface area contributed by atoms with Gasteiger partial charge in [-0.15, -0.1) is 0 Å². The van der Waals surface area contributed by atoms with E-state index in [4.69, 9.17) is 11.6 Å². The van der Waals surface area contributed by atoms with Gasteiger partial charge in [-0.05, 0) is 41.8 Å². The minimum Gasteiger partial charge on any atom is -0.249 e. The summed E-state index contributed by atoms with van der Waals surface area (Å²) in [6.07, 6.45) is 1.84. The molecule has 0 amide bonds. The zero-order chi connectivity index (χ0) is 12.3. The van der Waals surface area contributed by atoms with Gasteiger partial charge in [-0.2, -0.15) is 0 Å². The first-order valence-corrected chi connectivity index (χ1v) is 6.74. The van der Waals surface area contributed by atoms with Gasteiger partial charge in [0.1, 0.15) is 5.03 Å². The van der Waals surface area contributed by atoms with Gasteiger partial charge in [0, 0.05) is 16.1 Å². The number of halogens is 1. The molecular weight excluding hydrogens is 250 g/mol. The lowest BCUT2D eigenvalue weighted by Gasteiger charge is -2.10. The summed E-state index contributed by atoms with van der Waals surface area (Å²) in [7, 11) is 0. The van der Waals surface area contributed by atoms with Gasteiger partial charge in [-0.3, -0.25) is 0 Å². The van der Waals surface area contributed by atoms with Crippen molar-refractivity contribution >= 4 is 23.4 Å². The molecule has 0 aliphatic rings. The molecule has 0 fully saturated rings. The molecule has 1 heterocycles. The number of benzene rings is 1. The second-order valence-electron chi connectivity index (χ2n) is 4.11. The second-order valence-corrected chi connectivity index (χ2v) is 5.61. The van der Waals surface area contributed by atoms with Gasteiger partial charge in [0.2, 0.25) is 0 Å². The summed E-state index contributed by atoms with van der Waals surface area (Å²) < 4.78 is 0. The van der Waals surface area contributed by atoms with Crippen LogP contribution in [0.4, 0.5) is 0 Å². The van der Waals surface area contributed by atoms with Crippen LogP contribution in [0, 0.1) is 0 Å². The lowest BCUT2D eigenvalue weighted by molar-refractivity contribution is 0.819. The van der Waals surface area contributed by atoms with E-state index < -0.39 is 0 Å². The van der Waals surface area contributed by atoms with Crippen molar-refractivity contribution in [1.82, 2.24) is 4.98 Å². The minimum atomic E-state index is 0.485. The van der Waals surface area contributed by atoms with Crippen molar-refractivity contribution in [3.63, 3.8) is 0 Å². The Kier molecular flexibility index (Phi) is 4.08. The molecule has 0 radical (unpaired) electrons. The normalized spacial score (nSPS) is 10.8. The van der Waals surface area contributed by atoms with Gasteiger partial charge in [0.15, 0.2) is 0 Å². The van der Waals surface area contributed by atoms with E-state index in [0.717, 1.165) is 14.9 Å². The van der Waals surface area contributed by atoms with E-state index in [2.05, 4.69) is 24.9 Å². The number of hydrogen-bond donors (Lipinski definition) is 0. The molecule has 17 heavy (non-hydrogen) atoms. The summed E-state index contributed by atoms with van der Waals surface area (Å²) in [6.45, 7) is 4.37. The first kappa shape index (κ1) is 12.5. The van der Waals surface area contributed by atoms with Gasteiger partial charge in [-0.25, -0.2) is 4.98 Å². The molecule has 0 bridgehead atoms. The third kappa shape index (κ3) is 3.24. The molecule has 0 saturated heterocycles. The number of rotatable bonds is 3. The average molecular weight is 264 g/mol. The van der Waals surface area contributed by atoms with Gasteiger partial charge in [0.05, 0.1) is 0 Å². The molecule has 1 nitrogen and oxygen atoms in total. The third-order valence-electron chi connectivity index (χ3n) is 2.45. The van der Waals surface area contributed by atoms with Crippen LogP contribution in [0.15, 0.2) is 52.5 Å². The molecule has 0 saturated carbocycles. The van der Waals surface area contributed by atoms with Crippen molar-refractivity contribution in [3.05, 3.63) is 53.2 Å². The van der Waals surface area contributed by atoms with Gasteiger partial charge < -0.3 is 0 Å². The van der Waals surface area contributed by atoms with Crippen molar-refractivity contribution in [1.29, 1.82) is 0 Å². The Hall–Kier alpha value is -0.990. The zero-order valence-electron chi connectivity index (χ0n) is 9.85. The van der Waals surface area contributed by atoms with Crippen molar-refractivity contribution in [2.24, 2.45) is 0 Å². The number of hydrogen-bond acceptors (Lipinski definition) is 2. The summed E-state index contributed by atoms with van der Waals surface area (Å²) in [5.74, 6) is 0.485. The topological polar surface area (TPSA) is 12.9 Å². The summed E-state index contributed by atoms with van der Waals surface area (Å²) in [5.41, 5.74) is 1.28. The van der Waals surface area contributed by atoms with Crippen LogP contribution in [0.3, 0.4) is 0 Å². The monoisotopic (exact) mass is 263 g/mol. The van der Waals surface area contributed by atoms with E-state index in [9.17, 15) is 0 Å². The van der Waals surface area contributed by atoms with E-state index >= 15 is 0 Å². The first-order valence-electron chi connectivity index (χ1n) is 5.55. The lowest BCUT2D eigenvalue weighted by atomic mass is 10.1. The predicted molar refractivity (Wildman–Crippen MR) is 73.9 cm³/mol. The van der Waals surface area contributed by atoms with Crippen LogP contribution in [-0.4, -0.2) is 4.98 Å². The van der Waals surface area contributed by atoms with Crippen molar-refractivity contribution in [2.45, 2.75) is 29.7 Å². The first-order chi connectivity index (χ1) is 8.16. The zero-order valence-corrected chi connectivity index (χ0v) is 11.4. The van der Waals surface area contributed by atoms with Crippen molar-refractivity contribution in [2.75, 3.05) is 0 Å². The second kappa shape index (κ2) is 5.56. The fourth-order valence-electron chi connectivity index (χ4n) is 1.54. The van der Waals surface area contributed by atoms with E-state index in [0.29, 0.717) is 5.92 Å². The van der Waals surface area contributed by atoms with Gasteiger partial charge in [-0.1, -0.05) is 43.3 Å². The van der Waals surface area contributed by atoms with Crippen LogP contribution < -0.4 is 0 Å². The SMILES string of the molecule is CC(C)c1cccnc1Sc1ccc(Cl)cc1. The van der Waals surface area contributed by atoms with Crippen molar-refractivity contribution < 1.29 is 0 Å². The standard InChI is InChI=1S/C14H14ClNS/c1-10(2)13-4-3-9-16-14(13)17-12-7-5-11(15)6-8-12/h3-10H,1-2H3. The van der Waals surface area contributed by atoms with Gasteiger partial charge >= 0.3 is 0 Å². The van der Waals surface area contributed by atoms with Crippen LogP contribution in [0.5, 0.6) is 0 Å². The Morgan fingerprint density at radius 3 is 2.47 bits per heavy atom. The van der Waals surface area contributed by atoms with Crippen LogP contribution >= 0.6 is 23.4 Å². The Morgan fingerprint density at radius 2 is 1.82 bits per heavy atom. The van der Waals surface area contributed by atoms with E-state index in [1.807, 2.05) is 36.5 Å². The Balaban J connectivity index is 2.26. The lowest BCUT2D eigenvalue weighted by Crippen LogP contribution is -1.93. The fourth-order valence-corrected chi connectivity index (χ4v) is 2.70. The number of aromatic nitrogens is 1. The quantitative estimate of drug-likeness (QED) is 0.772. The molecule has 0 spiro atoms. The maximum absolute atomic E-state index is 5.87. The Bertz CT molecular complexity index is 494. The molecule has 0 atom stereocenters. The highest BCUT2D eigenvalue weighted by Gasteiger charge is 2.08. The van der Waals surface area contributed by atoms with Crippen LogP contribution in [0.25, 0.3) is 0 Å². The average Bonchev–Trinajstić information content (AvgIpc) is 2.32. The molecule has 0 aliphatic heterocycles. The fraction of sp³-hybridized carbons (Fsp3) is 0.214. The molecule has 88 valence electrons. The molecule has 0 aliphatic carbocycles. The molecule has 1 aromatic heterocycles. The molecule has 0 N–H and O–H groups in total. The van der Waals surface area contributed by atoms with Crippen LogP contribution in [0.1, 0.15) is 25.3 Å². The maximum Gasteiger partial charge on any atom is 0.104 e. The molecular formula is C14H14ClNS. The largest absolute Gasteiger partial charge is 0.249 e. The molecule has 2 rings (SSSR count). The van der Waals surface area contributed by atoms with Crippen LogP contribution in [-0.2, 0) is 0 Å². The Labute approximate surface area is 111 Å². The smallest absolute Gasteiger partial charge is 0.104 e. The van der Waals surface area contributed by atoms with E-state index in [1.54, 1.807) is 11.8 Å². The third-order valence-corrected chi connectivity index (χ3v) is 3.75. The van der Waals surface area contributed by atoms with Gasteiger partial charge in [0.25, 0.3) is 0 Å². The minimum absolute atomic E-state index is 0.485. The predicted octanol–water partition coefficient (Wildman–Crippen LogP) is 5.01. The van der Waals surface area contributed by atoms with E-state index in [1.165, 1.54) is 5.56 Å². The van der Waals surface area contributed by atoms with Crippen molar-refractivity contribution in [3.8, 4) is 0 Å². The molecule has 1 aromatic carbocycles. The highest BCUT2D eigenvalue weighted by atomic mass is 35.5. The summed E-state index contributed by atoms with van der Waals surface area (Å²) in [6, 6.07) is 12.0. The number of nitrogens with zero attached hydrogens (tertiary/aromatic N) is 1. The molecule has 3 heteroatoms. The maximum atomic E-state index is 5.87. The highest BCUT2D eigenvalue weighted by molar-refractivity contribution is 7.99. The van der Waals surface area contributed by atoms with E-state index in [-0.39, 0.29) is 0 Å². The summed E-state index contributed by atoms with van der Waals surface area (Å²) in [4.78, 5) is 5.61. The summed E-state index contributed by atoms with van der Waals surface area (Å²) >= 11 is 7.55. The highest BCUT2D eigenvalue weighted by Crippen LogP contribution is 2.32. The number of pyridine rings is 1. The van der Waals surface area contributed by atoms with Crippen LogP contribution in [0.2, 0.25) is 5.02 Å². The summed E-state index contributed by atoms with van der Waals surface area (Å²) in [5, 5.41) is 1.84.